The molecular formula is C67H84Cl4N4O18. The molecule has 0 unspecified atom stereocenters. The third-order valence-electron chi connectivity index (χ3n) is 22.6. The molecule has 2 aromatic carbocycles. The standard InChI is InChI=1S/C34H42Cl2N2O8.C21H28O5.C12H14Cl2N2O5/c1-31-15-13-22(39)17-20(31)9-12-23-24-14-16-34(44,32(24,2)18-26(40)28(23)31)27(41)6-4-5-25(37-30(43)33(3,35)36)29(42)19-7-10-21(11-8-19)38(45)46;1-19-7-5-13(23)9-12(19)3-4-14-15-6-8-21(26,17(25)11-22)20(15,2)10-16(24)18(14)19;1-12(13,14)11(19)15-9(6-17)10(18)7-2-4-8(5-3-7)16(20)21/h7-8,10-11,13,15,17,23-26,28-29,40,42,44H,4-6,9,12,14,16,18H2,1-3H3,(H,37,43);5,7,9,14-16,18,22,24,26H,3-4,6,8,10-11H2,1-2H3;2-5,9-10,17-18H,6H2,1H3,(H,15,19)/t23-,24-,25+,26-,28+,29+,31-,32-,34-;14-,15-,16-,18+,19-,20-,21-;9-,10-/m001/s1. The van der Waals surface area contributed by atoms with Gasteiger partial charge in [-0.05, 0) is 174 Å². The summed E-state index contributed by atoms with van der Waals surface area (Å²) in [6, 6.07) is 8.39. The highest BCUT2D eigenvalue weighted by atomic mass is 35.5. The maximum Gasteiger partial charge on any atom is 0.269 e. The van der Waals surface area contributed by atoms with Gasteiger partial charge in [0.05, 0.1) is 46.8 Å². The summed E-state index contributed by atoms with van der Waals surface area (Å²) in [5.74, 6) is -2.16. The molecule has 6 saturated carbocycles. The summed E-state index contributed by atoms with van der Waals surface area (Å²) in [6.45, 7) is 9.31. The summed E-state index contributed by atoms with van der Waals surface area (Å²) in [6.07, 6.45) is 12.5. The first kappa shape index (κ1) is 73.5. The topological polar surface area (TPSA) is 375 Å². The van der Waals surface area contributed by atoms with Crippen molar-refractivity contribution in [2.24, 2.45) is 57.2 Å². The summed E-state index contributed by atoms with van der Waals surface area (Å²) in [4.78, 5) is 94.9. The van der Waals surface area contributed by atoms with Crippen molar-refractivity contribution in [2.45, 2.75) is 181 Å². The Morgan fingerprint density at radius 1 is 0.624 bits per heavy atom. The molecule has 0 radical (unpaired) electrons. The van der Waals surface area contributed by atoms with E-state index in [-0.39, 0.29) is 102 Å². The number of non-ortho nitro benzene ring substituents is 2. The van der Waals surface area contributed by atoms with E-state index in [1.807, 2.05) is 26.0 Å². The number of aliphatic hydroxyl groups is 8. The van der Waals surface area contributed by atoms with E-state index >= 15 is 0 Å². The van der Waals surface area contributed by atoms with Gasteiger partial charge in [-0.3, -0.25) is 49.0 Å². The molecule has 10 rings (SSSR count). The number of aliphatic hydroxyl groups excluding tert-OH is 6. The van der Waals surface area contributed by atoms with Gasteiger partial charge in [0, 0.05) is 64.2 Å². The van der Waals surface area contributed by atoms with Crippen LogP contribution in [0.1, 0.15) is 148 Å². The molecule has 26 heteroatoms. The molecule has 0 bridgehead atoms. The Kier molecular flexibility index (Phi) is 21.8. The van der Waals surface area contributed by atoms with E-state index in [0.29, 0.717) is 30.4 Å². The molecule has 22 nitrogen and oxygen atoms in total. The average molecular weight is 1380 g/mol. The first-order valence-electron chi connectivity index (χ1n) is 31.5. The van der Waals surface area contributed by atoms with Crippen molar-refractivity contribution in [1.82, 2.24) is 10.6 Å². The molecule has 0 aliphatic heterocycles. The molecule has 0 saturated heterocycles. The monoisotopic (exact) mass is 1370 g/mol. The van der Waals surface area contributed by atoms with E-state index in [4.69, 9.17) is 46.4 Å². The minimum atomic E-state index is -1.79. The zero-order valence-electron chi connectivity index (χ0n) is 52.7. The molecule has 0 aromatic heterocycles. The fraction of sp³-hybridized carbons (Fsp3) is 0.612. The Morgan fingerprint density at radius 3 is 1.37 bits per heavy atom. The van der Waals surface area contributed by atoms with Crippen molar-refractivity contribution < 1.29 is 79.5 Å². The van der Waals surface area contributed by atoms with Gasteiger partial charge in [-0.15, -0.1) is 0 Å². The molecule has 0 spiro atoms. The van der Waals surface area contributed by atoms with Crippen molar-refractivity contribution in [3.63, 3.8) is 0 Å². The van der Waals surface area contributed by atoms with Crippen LogP contribution in [0.3, 0.4) is 0 Å². The highest BCUT2D eigenvalue weighted by Gasteiger charge is 2.70. The maximum atomic E-state index is 13.9. The lowest BCUT2D eigenvalue weighted by atomic mass is 9.46. The number of alkyl halides is 4. The lowest BCUT2D eigenvalue weighted by molar-refractivity contribution is -0.385. The fourth-order valence-electron chi connectivity index (χ4n) is 17.6. The number of ketones is 4. The molecule has 2 aromatic rings. The van der Waals surface area contributed by atoms with Crippen molar-refractivity contribution in [2.75, 3.05) is 13.2 Å². The minimum Gasteiger partial charge on any atom is -0.394 e. The molecule has 0 heterocycles. The number of nitro groups is 2. The van der Waals surface area contributed by atoms with Gasteiger partial charge in [-0.2, -0.15) is 0 Å². The van der Waals surface area contributed by atoms with Crippen molar-refractivity contribution in [1.29, 1.82) is 0 Å². The van der Waals surface area contributed by atoms with Crippen LogP contribution < -0.4 is 10.6 Å². The summed E-state index contributed by atoms with van der Waals surface area (Å²) in [7, 11) is 0. The Balaban J connectivity index is 0.000000199. The van der Waals surface area contributed by atoms with Crippen LogP contribution in [0.2, 0.25) is 0 Å². The molecule has 93 heavy (non-hydrogen) atoms. The first-order valence-corrected chi connectivity index (χ1v) is 33.0. The molecule has 508 valence electrons. The van der Waals surface area contributed by atoms with Crippen LogP contribution in [0.25, 0.3) is 0 Å². The highest BCUT2D eigenvalue weighted by Crippen LogP contribution is 2.69. The lowest BCUT2D eigenvalue weighted by Crippen LogP contribution is -2.61. The molecule has 10 N–H and O–H groups in total. The molecule has 8 aliphatic rings. The summed E-state index contributed by atoms with van der Waals surface area (Å²) in [5.41, 5.74) is -3.13. The van der Waals surface area contributed by atoms with Gasteiger partial charge in [0.15, 0.2) is 31.8 Å². The predicted molar refractivity (Wildman–Crippen MR) is 344 cm³/mol. The van der Waals surface area contributed by atoms with Crippen LogP contribution in [0, 0.1) is 77.4 Å². The quantitative estimate of drug-likeness (QED) is 0.0385. The number of carbonyl (C=O) groups excluding carboxylic acids is 6. The summed E-state index contributed by atoms with van der Waals surface area (Å²) < 4.78 is -3.50. The van der Waals surface area contributed by atoms with Gasteiger partial charge in [0.25, 0.3) is 23.2 Å². The normalized spacial score (nSPS) is 34.4. The average Bonchev–Trinajstić information content (AvgIpc) is 1.65. The Bertz CT molecular complexity index is 3370. The van der Waals surface area contributed by atoms with Gasteiger partial charge in [0.2, 0.25) is 0 Å². The van der Waals surface area contributed by atoms with Gasteiger partial charge in [0.1, 0.15) is 23.9 Å². The van der Waals surface area contributed by atoms with E-state index in [1.165, 1.54) is 62.4 Å². The number of fused-ring (bicyclic) bond motifs is 10. The van der Waals surface area contributed by atoms with Gasteiger partial charge in [-0.1, -0.05) is 97.4 Å². The molecule has 8 aliphatic carbocycles. The molecule has 18 atom stereocenters. The van der Waals surface area contributed by atoms with E-state index in [1.54, 1.807) is 24.3 Å². The zero-order valence-corrected chi connectivity index (χ0v) is 55.7. The number of nitrogens with zero attached hydrogens (tertiary/aromatic N) is 2. The minimum absolute atomic E-state index is 0.00912. The van der Waals surface area contributed by atoms with Crippen molar-refractivity contribution >= 4 is 92.7 Å². The number of nitro benzene ring substituents is 2. The fourth-order valence-corrected chi connectivity index (χ4v) is 17.8. The third-order valence-corrected chi connectivity index (χ3v) is 23.2. The second-order valence-electron chi connectivity index (χ2n) is 27.8. The Hall–Kier alpha value is -5.34. The lowest BCUT2D eigenvalue weighted by Gasteiger charge is -2.59. The summed E-state index contributed by atoms with van der Waals surface area (Å²) in [5, 5.41) is 112. The number of nitrogens with one attached hydrogen (secondary N) is 2. The number of hydrogen-bond acceptors (Lipinski definition) is 18. The van der Waals surface area contributed by atoms with Crippen LogP contribution in [-0.4, -0.2) is 143 Å². The van der Waals surface area contributed by atoms with Gasteiger partial charge < -0.3 is 51.5 Å². The van der Waals surface area contributed by atoms with Crippen LogP contribution >= 0.6 is 46.4 Å². The van der Waals surface area contributed by atoms with Crippen LogP contribution in [-0.2, 0) is 28.8 Å². The first-order chi connectivity index (χ1) is 43.3. The van der Waals surface area contributed by atoms with Crippen LogP contribution in [0.4, 0.5) is 11.4 Å². The van der Waals surface area contributed by atoms with Crippen molar-refractivity contribution in [3.8, 4) is 0 Å². The van der Waals surface area contributed by atoms with Crippen LogP contribution in [0.15, 0.2) is 96.1 Å². The SMILES string of the molecule is CC(Cl)(Cl)C(=O)N[C@H](CCCC(=O)[C@@]1(O)CC[C@H]2[C@@H]3CCC4=CC(=O)C=C[C@]4(C)[C@H]3[C@@H](O)C[C@@]21C)[C@H](O)c1ccc([N+](=O)[O-])cc1.CC(Cl)(Cl)C(=O)N[C@H](CO)[C@H](O)c1ccc([N+](=O)[O-])cc1.C[C@]12C=CC(=O)C=C1CC[C@@H]1[C@@H]2[C@@H](O)C[C@@]2(C)[C@H]1CC[C@]2(O)C(=O)CO. The number of carbonyl (C=O) groups is 6. The van der Waals surface area contributed by atoms with Gasteiger partial charge >= 0.3 is 0 Å². The molecule has 6 fully saturated rings. The van der Waals surface area contributed by atoms with Gasteiger partial charge in [-0.25, -0.2) is 0 Å². The maximum absolute atomic E-state index is 13.9. The number of halogens is 4. The van der Waals surface area contributed by atoms with E-state index in [2.05, 4.69) is 24.5 Å². The molecular weight excluding hydrogens is 1290 g/mol. The van der Waals surface area contributed by atoms with E-state index in [0.717, 1.165) is 43.3 Å². The number of hydrogen-bond donors (Lipinski definition) is 10. The van der Waals surface area contributed by atoms with E-state index in [9.17, 15) is 89.8 Å². The number of benzene rings is 2. The van der Waals surface area contributed by atoms with E-state index < -0.39 is 113 Å². The highest BCUT2D eigenvalue weighted by molar-refractivity contribution is 6.58. The number of Topliss-reactive ketones (excluding diaryl/α,β-unsaturated/α-hetero) is 2. The Morgan fingerprint density at radius 2 is 1.00 bits per heavy atom. The number of allylic oxidation sites excluding steroid dienone is 8. The number of rotatable bonds is 18. The zero-order chi connectivity index (χ0) is 68.9. The number of amides is 2. The summed E-state index contributed by atoms with van der Waals surface area (Å²) >= 11 is 23.2. The second kappa shape index (κ2) is 27.6. The molecule has 2 amide bonds. The largest absolute Gasteiger partial charge is 0.394 e. The Labute approximate surface area is 559 Å². The van der Waals surface area contributed by atoms with Crippen molar-refractivity contribution in [3.05, 3.63) is 127 Å². The third kappa shape index (κ3) is 14.0. The van der Waals surface area contributed by atoms with Crippen LogP contribution in [0.5, 0.6) is 0 Å². The smallest absolute Gasteiger partial charge is 0.269 e. The second-order valence-corrected chi connectivity index (χ2v) is 31.2. The predicted octanol–water partition coefficient (Wildman–Crippen LogP) is 7.91.